The molecule has 0 saturated carbocycles. The summed E-state index contributed by atoms with van der Waals surface area (Å²) in [5.41, 5.74) is 1.67. The molecule has 0 radical (unpaired) electrons. The molecule has 4 heteroatoms. The van der Waals surface area contributed by atoms with Crippen molar-refractivity contribution in [3.8, 4) is 0 Å². The molecule has 1 aromatic heterocycles. The highest BCUT2D eigenvalue weighted by molar-refractivity contribution is 5.78. The molecule has 0 aliphatic heterocycles. The Labute approximate surface area is 99.2 Å². The van der Waals surface area contributed by atoms with Crippen molar-refractivity contribution in [2.75, 3.05) is 13.2 Å². The number of furan rings is 1. The van der Waals surface area contributed by atoms with Gasteiger partial charge in [-0.05, 0) is 31.0 Å². The third-order valence-electron chi connectivity index (χ3n) is 2.74. The predicted octanol–water partition coefficient (Wildman–Crippen LogP) is 2.08. The molecule has 2 N–H and O–H groups in total. The third-order valence-corrected chi connectivity index (χ3v) is 2.74. The van der Waals surface area contributed by atoms with Gasteiger partial charge in [-0.2, -0.15) is 0 Å². The zero-order valence-electron chi connectivity index (χ0n) is 9.74. The molecule has 0 amide bonds. The zero-order chi connectivity index (χ0) is 12.3. The number of rotatable bonds is 5. The van der Waals surface area contributed by atoms with Crippen LogP contribution in [0.25, 0.3) is 11.0 Å². The van der Waals surface area contributed by atoms with Crippen LogP contribution in [-0.4, -0.2) is 24.3 Å². The Morgan fingerprint density at radius 3 is 3.06 bits per heavy atom. The summed E-state index contributed by atoms with van der Waals surface area (Å²) in [6, 6.07) is 5.76. The van der Waals surface area contributed by atoms with Gasteiger partial charge in [-0.3, -0.25) is 0 Å². The first-order valence-electron chi connectivity index (χ1n) is 5.70. The van der Waals surface area contributed by atoms with Gasteiger partial charge in [0.1, 0.15) is 11.8 Å². The van der Waals surface area contributed by atoms with Crippen molar-refractivity contribution >= 4 is 11.0 Å². The van der Waals surface area contributed by atoms with E-state index in [0.717, 1.165) is 18.2 Å². The number of hydrogen-bond acceptors (Lipinski definition) is 3. The second kappa shape index (κ2) is 5.29. The Kier molecular flexibility index (Phi) is 3.76. The molecule has 0 spiro atoms. The number of hydrogen-bond donors (Lipinski definition) is 2. The van der Waals surface area contributed by atoms with Gasteiger partial charge in [-0.25, -0.2) is 4.39 Å². The summed E-state index contributed by atoms with van der Waals surface area (Å²) in [7, 11) is 0. The van der Waals surface area contributed by atoms with Crippen LogP contribution in [0.1, 0.15) is 12.5 Å². The van der Waals surface area contributed by atoms with Crippen molar-refractivity contribution in [1.29, 1.82) is 0 Å². The standard InChI is InChI=1S/C13H16FNO2/c1-9(15-4-5-16)6-10-2-3-11-12(14)8-17-13(11)7-10/h2-3,7-9,15-16H,4-6H2,1H3. The maximum Gasteiger partial charge on any atom is 0.169 e. The van der Waals surface area contributed by atoms with Gasteiger partial charge in [0.2, 0.25) is 0 Å². The second-order valence-electron chi connectivity index (χ2n) is 4.20. The van der Waals surface area contributed by atoms with Gasteiger partial charge in [0.25, 0.3) is 0 Å². The Morgan fingerprint density at radius 2 is 2.29 bits per heavy atom. The van der Waals surface area contributed by atoms with Crippen molar-refractivity contribution in [2.24, 2.45) is 0 Å². The van der Waals surface area contributed by atoms with E-state index in [9.17, 15) is 4.39 Å². The zero-order valence-corrected chi connectivity index (χ0v) is 9.74. The summed E-state index contributed by atoms with van der Waals surface area (Å²) in [5, 5.41) is 12.4. The van der Waals surface area contributed by atoms with Crippen LogP contribution >= 0.6 is 0 Å². The molecule has 1 atom stereocenters. The van der Waals surface area contributed by atoms with Crippen LogP contribution in [0.15, 0.2) is 28.9 Å². The fraction of sp³-hybridized carbons (Fsp3) is 0.385. The van der Waals surface area contributed by atoms with E-state index in [2.05, 4.69) is 5.32 Å². The van der Waals surface area contributed by atoms with E-state index in [1.165, 1.54) is 0 Å². The quantitative estimate of drug-likeness (QED) is 0.837. The molecule has 0 bridgehead atoms. The highest BCUT2D eigenvalue weighted by Crippen LogP contribution is 2.21. The average Bonchev–Trinajstić information content (AvgIpc) is 2.68. The average molecular weight is 237 g/mol. The van der Waals surface area contributed by atoms with Crippen molar-refractivity contribution in [2.45, 2.75) is 19.4 Å². The van der Waals surface area contributed by atoms with E-state index < -0.39 is 0 Å². The number of fused-ring (bicyclic) bond motifs is 1. The van der Waals surface area contributed by atoms with Crippen LogP contribution in [0.3, 0.4) is 0 Å². The molecule has 2 aromatic rings. The summed E-state index contributed by atoms with van der Waals surface area (Å²) < 4.78 is 18.3. The third kappa shape index (κ3) is 2.84. The minimum absolute atomic E-state index is 0.132. The van der Waals surface area contributed by atoms with Crippen LogP contribution in [0.5, 0.6) is 0 Å². The first-order valence-corrected chi connectivity index (χ1v) is 5.70. The highest BCUT2D eigenvalue weighted by atomic mass is 19.1. The minimum Gasteiger partial charge on any atom is -0.461 e. The second-order valence-corrected chi connectivity index (χ2v) is 4.20. The van der Waals surface area contributed by atoms with Gasteiger partial charge in [0.05, 0.1) is 12.0 Å². The molecular weight excluding hydrogens is 221 g/mol. The molecule has 2 rings (SSSR count). The Hall–Kier alpha value is -1.39. The first-order chi connectivity index (χ1) is 8.20. The van der Waals surface area contributed by atoms with Gasteiger partial charge in [-0.1, -0.05) is 6.07 Å². The molecular formula is C13H16FNO2. The lowest BCUT2D eigenvalue weighted by Crippen LogP contribution is -2.30. The molecule has 92 valence electrons. The maximum atomic E-state index is 13.2. The topological polar surface area (TPSA) is 45.4 Å². The van der Waals surface area contributed by atoms with Crippen LogP contribution < -0.4 is 5.32 Å². The molecule has 1 heterocycles. The lowest BCUT2D eigenvalue weighted by Gasteiger charge is -2.12. The van der Waals surface area contributed by atoms with Crippen molar-refractivity contribution in [1.82, 2.24) is 5.32 Å². The molecule has 0 aliphatic carbocycles. The van der Waals surface area contributed by atoms with Gasteiger partial charge < -0.3 is 14.8 Å². The number of benzene rings is 1. The molecule has 0 saturated heterocycles. The predicted molar refractivity (Wildman–Crippen MR) is 64.4 cm³/mol. The van der Waals surface area contributed by atoms with E-state index in [0.29, 0.717) is 17.5 Å². The molecule has 17 heavy (non-hydrogen) atoms. The maximum absolute atomic E-state index is 13.2. The lowest BCUT2D eigenvalue weighted by atomic mass is 10.1. The SMILES string of the molecule is CC(Cc1ccc2c(F)coc2c1)NCCO. The summed E-state index contributed by atoms with van der Waals surface area (Å²) in [5.74, 6) is -0.321. The Morgan fingerprint density at radius 1 is 1.47 bits per heavy atom. The largest absolute Gasteiger partial charge is 0.461 e. The smallest absolute Gasteiger partial charge is 0.169 e. The molecule has 3 nitrogen and oxygen atoms in total. The number of aliphatic hydroxyl groups is 1. The first kappa shape index (κ1) is 12.1. The minimum atomic E-state index is -0.321. The van der Waals surface area contributed by atoms with Gasteiger partial charge in [0.15, 0.2) is 5.82 Å². The van der Waals surface area contributed by atoms with Gasteiger partial charge in [0, 0.05) is 12.6 Å². The molecule has 1 aromatic carbocycles. The normalized spacial score (nSPS) is 13.1. The van der Waals surface area contributed by atoms with E-state index in [-0.39, 0.29) is 18.5 Å². The van der Waals surface area contributed by atoms with E-state index >= 15 is 0 Å². The van der Waals surface area contributed by atoms with Gasteiger partial charge in [-0.15, -0.1) is 0 Å². The summed E-state index contributed by atoms with van der Waals surface area (Å²) >= 11 is 0. The summed E-state index contributed by atoms with van der Waals surface area (Å²) in [6.45, 7) is 2.76. The van der Waals surface area contributed by atoms with Crippen molar-refractivity contribution in [3.05, 3.63) is 35.8 Å². The van der Waals surface area contributed by atoms with Crippen LogP contribution in [0.2, 0.25) is 0 Å². The van der Waals surface area contributed by atoms with Crippen LogP contribution in [0.4, 0.5) is 4.39 Å². The number of halogens is 1. The monoisotopic (exact) mass is 237 g/mol. The van der Waals surface area contributed by atoms with E-state index in [4.69, 9.17) is 9.52 Å². The van der Waals surface area contributed by atoms with E-state index in [1.807, 2.05) is 19.1 Å². The molecule has 1 unspecified atom stereocenters. The highest BCUT2D eigenvalue weighted by Gasteiger charge is 2.07. The van der Waals surface area contributed by atoms with Crippen LogP contribution in [-0.2, 0) is 6.42 Å². The Bertz CT molecular complexity index is 495. The summed E-state index contributed by atoms with van der Waals surface area (Å²) in [6.07, 6.45) is 1.94. The van der Waals surface area contributed by atoms with Crippen molar-refractivity contribution in [3.63, 3.8) is 0 Å². The van der Waals surface area contributed by atoms with E-state index in [1.54, 1.807) is 6.07 Å². The number of aliphatic hydroxyl groups excluding tert-OH is 1. The van der Waals surface area contributed by atoms with Gasteiger partial charge >= 0.3 is 0 Å². The molecule has 0 aliphatic rings. The Balaban J connectivity index is 2.08. The fourth-order valence-corrected chi connectivity index (χ4v) is 1.90. The lowest BCUT2D eigenvalue weighted by molar-refractivity contribution is 0.285. The number of nitrogens with one attached hydrogen (secondary N) is 1. The van der Waals surface area contributed by atoms with Crippen LogP contribution in [0, 0.1) is 5.82 Å². The molecule has 0 fully saturated rings. The summed E-state index contributed by atoms with van der Waals surface area (Å²) in [4.78, 5) is 0. The van der Waals surface area contributed by atoms with Crippen molar-refractivity contribution < 1.29 is 13.9 Å². The fourth-order valence-electron chi connectivity index (χ4n) is 1.90.